The molecule has 1 aromatic carbocycles. The number of methoxy groups -OCH3 is 1. The van der Waals surface area contributed by atoms with E-state index in [1.54, 1.807) is 0 Å². The highest BCUT2D eigenvalue weighted by Gasteiger charge is 2.08. The van der Waals surface area contributed by atoms with Gasteiger partial charge in [0.25, 0.3) is 0 Å². The number of hydrogen-bond acceptors (Lipinski definition) is 3. The van der Waals surface area contributed by atoms with Gasteiger partial charge in [0.2, 0.25) is 5.76 Å². The lowest BCUT2D eigenvalue weighted by molar-refractivity contribution is -0.135. The van der Waals surface area contributed by atoms with Gasteiger partial charge in [-0.3, -0.25) is 0 Å². The highest BCUT2D eigenvalue weighted by atomic mass is 127. The van der Waals surface area contributed by atoms with Crippen LogP contribution in [-0.4, -0.2) is 24.8 Å². The third-order valence-corrected chi connectivity index (χ3v) is 3.33. The Balaban J connectivity index is 2.91. The third kappa shape index (κ3) is 5.10. The number of aliphatic carboxylic acids is 1. The summed E-state index contributed by atoms with van der Waals surface area (Å²) in [5, 5.41) is 8.91. The molecule has 0 spiro atoms. The maximum absolute atomic E-state index is 10.9. The van der Waals surface area contributed by atoms with Gasteiger partial charge in [0.1, 0.15) is 5.75 Å². The van der Waals surface area contributed by atoms with Crippen LogP contribution >= 0.6 is 22.6 Å². The van der Waals surface area contributed by atoms with Gasteiger partial charge in [-0.25, -0.2) is 4.79 Å². The second kappa shape index (κ2) is 8.04. The Morgan fingerprint density at radius 3 is 2.79 bits per heavy atom. The average Bonchev–Trinajstić information content (AvgIpc) is 2.39. The van der Waals surface area contributed by atoms with Crippen molar-refractivity contribution >= 4 is 34.6 Å². The molecule has 19 heavy (non-hydrogen) atoms. The fourth-order valence-corrected chi connectivity index (χ4v) is 1.90. The SMILES string of the molecule is CCCCOc1cc(/C=C(/OC)C(=O)O)ccc1I. The second-order valence-electron chi connectivity index (χ2n) is 3.91. The molecule has 0 fully saturated rings. The lowest BCUT2D eigenvalue weighted by Gasteiger charge is -2.09. The van der Waals surface area contributed by atoms with Crippen LogP contribution in [0.4, 0.5) is 0 Å². The van der Waals surface area contributed by atoms with Gasteiger partial charge >= 0.3 is 5.97 Å². The Morgan fingerprint density at radius 2 is 2.21 bits per heavy atom. The molecule has 5 heteroatoms. The van der Waals surface area contributed by atoms with Crippen molar-refractivity contribution in [1.29, 1.82) is 0 Å². The number of carbonyl (C=O) groups is 1. The molecule has 1 aromatic rings. The van der Waals surface area contributed by atoms with Crippen molar-refractivity contribution in [2.45, 2.75) is 19.8 Å². The summed E-state index contributed by atoms with van der Waals surface area (Å²) in [5.74, 6) is -0.418. The molecule has 104 valence electrons. The van der Waals surface area contributed by atoms with Crippen LogP contribution < -0.4 is 4.74 Å². The zero-order chi connectivity index (χ0) is 14.3. The van der Waals surface area contributed by atoms with Gasteiger partial charge in [-0.05, 0) is 52.8 Å². The smallest absolute Gasteiger partial charge is 0.371 e. The van der Waals surface area contributed by atoms with E-state index in [4.69, 9.17) is 14.6 Å². The van der Waals surface area contributed by atoms with E-state index >= 15 is 0 Å². The van der Waals surface area contributed by atoms with E-state index in [0.29, 0.717) is 6.61 Å². The Hall–Kier alpha value is -1.24. The summed E-state index contributed by atoms with van der Waals surface area (Å²) in [6.45, 7) is 2.76. The van der Waals surface area contributed by atoms with Crippen molar-refractivity contribution in [3.05, 3.63) is 33.1 Å². The molecule has 0 saturated carbocycles. The van der Waals surface area contributed by atoms with Gasteiger partial charge in [0.15, 0.2) is 0 Å². The number of rotatable bonds is 7. The van der Waals surface area contributed by atoms with Crippen LogP contribution in [0.5, 0.6) is 5.75 Å². The summed E-state index contributed by atoms with van der Waals surface area (Å²) in [6.07, 6.45) is 3.54. The quantitative estimate of drug-likeness (QED) is 0.342. The highest BCUT2D eigenvalue weighted by molar-refractivity contribution is 14.1. The minimum Gasteiger partial charge on any atom is -0.492 e. The molecular weight excluding hydrogens is 359 g/mol. The first-order chi connectivity index (χ1) is 9.08. The molecule has 0 bridgehead atoms. The third-order valence-electron chi connectivity index (χ3n) is 2.44. The van der Waals surface area contributed by atoms with Crippen LogP contribution in [-0.2, 0) is 9.53 Å². The lowest BCUT2D eigenvalue weighted by Crippen LogP contribution is -2.02. The van der Waals surface area contributed by atoms with Crippen molar-refractivity contribution in [3.8, 4) is 5.75 Å². The van der Waals surface area contributed by atoms with Gasteiger partial charge in [-0.1, -0.05) is 19.4 Å². The largest absolute Gasteiger partial charge is 0.492 e. The van der Waals surface area contributed by atoms with E-state index < -0.39 is 5.97 Å². The predicted octanol–water partition coefficient (Wildman–Crippen LogP) is 3.54. The molecule has 0 aromatic heterocycles. The molecule has 0 saturated heterocycles. The maximum Gasteiger partial charge on any atom is 0.371 e. The van der Waals surface area contributed by atoms with E-state index in [1.807, 2.05) is 18.2 Å². The predicted molar refractivity (Wildman–Crippen MR) is 82.2 cm³/mol. The molecule has 0 amide bonds. The van der Waals surface area contributed by atoms with Crippen molar-refractivity contribution in [1.82, 2.24) is 0 Å². The van der Waals surface area contributed by atoms with E-state index in [9.17, 15) is 4.79 Å². The summed E-state index contributed by atoms with van der Waals surface area (Å²) < 4.78 is 11.5. The number of carboxylic acid groups (broad SMARTS) is 1. The van der Waals surface area contributed by atoms with Crippen molar-refractivity contribution in [2.24, 2.45) is 0 Å². The first-order valence-electron chi connectivity index (χ1n) is 5.99. The van der Waals surface area contributed by atoms with Crippen LogP contribution in [0.15, 0.2) is 24.0 Å². The first kappa shape index (κ1) is 15.8. The molecule has 1 N–H and O–H groups in total. The molecular formula is C14H17IO4. The van der Waals surface area contributed by atoms with Gasteiger partial charge in [-0.2, -0.15) is 0 Å². The zero-order valence-electron chi connectivity index (χ0n) is 11.0. The number of benzene rings is 1. The Kier molecular flexibility index (Phi) is 6.69. The van der Waals surface area contributed by atoms with Crippen LogP contribution in [0.3, 0.4) is 0 Å². The number of halogens is 1. The minimum absolute atomic E-state index is 0.0966. The van der Waals surface area contributed by atoms with Crippen LogP contribution in [0.2, 0.25) is 0 Å². The molecule has 0 heterocycles. The normalized spacial score (nSPS) is 11.2. The summed E-state index contributed by atoms with van der Waals surface area (Å²) in [7, 11) is 1.34. The van der Waals surface area contributed by atoms with Crippen molar-refractivity contribution < 1.29 is 19.4 Å². The Bertz CT molecular complexity index is 469. The van der Waals surface area contributed by atoms with Crippen LogP contribution in [0.1, 0.15) is 25.3 Å². The molecule has 1 rings (SSSR count). The van der Waals surface area contributed by atoms with E-state index in [2.05, 4.69) is 29.5 Å². The number of unbranched alkanes of at least 4 members (excludes halogenated alkanes) is 1. The molecule has 0 aliphatic heterocycles. The number of hydrogen-bond donors (Lipinski definition) is 1. The fourth-order valence-electron chi connectivity index (χ4n) is 1.41. The van der Waals surface area contributed by atoms with Crippen molar-refractivity contribution in [2.75, 3.05) is 13.7 Å². The van der Waals surface area contributed by atoms with E-state index in [-0.39, 0.29) is 5.76 Å². The number of ether oxygens (including phenoxy) is 2. The van der Waals surface area contributed by atoms with Crippen LogP contribution in [0, 0.1) is 3.57 Å². The van der Waals surface area contributed by atoms with Gasteiger partial charge in [0.05, 0.1) is 17.3 Å². The summed E-state index contributed by atoms with van der Waals surface area (Å²) in [6, 6.07) is 5.54. The molecule has 0 aliphatic rings. The van der Waals surface area contributed by atoms with Gasteiger partial charge in [-0.15, -0.1) is 0 Å². The van der Waals surface area contributed by atoms with Crippen molar-refractivity contribution in [3.63, 3.8) is 0 Å². The Labute approximate surface area is 126 Å². The molecule has 0 atom stereocenters. The second-order valence-corrected chi connectivity index (χ2v) is 5.07. The average molecular weight is 376 g/mol. The monoisotopic (exact) mass is 376 g/mol. The maximum atomic E-state index is 10.9. The summed E-state index contributed by atoms with van der Waals surface area (Å²) in [4.78, 5) is 10.9. The summed E-state index contributed by atoms with van der Waals surface area (Å²) in [5.41, 5.74) is 0.742. The fraction of sp³-hybridized carbons (Fsp3) is 0.357. The lowest BCUT2D eigenvalue weighted by atomic mass is 10.2. The molecule has 0 radical (unpaired) electrons. The summed E-state index contributed by atoms with van der Waals surface area (Å²) >= 11 is 2.19. The van der Waals surface area contributed by atoms with Gasteiger partial charge < -0.3 is 14.6 Å². The molecule has 0 aliphatic carbocycles. The van der Waals surface area contributed by atoms with Crippen LogP contribution in [0.25, 0.3) is 6.08 Å². The first-order valence-corrected chi connectivity index (χ1v) is 7.07. The highest BCUT2D eigenvalue weighted by Crippen LogP contribution is 2.24. The zero-order valence-corrected chi connectivity index (χ0v) is 13.1. The van der Waals surface area contributed by atoms with E-state index in [1.165, 1.54) is 13.2 Å². The molecule has 4 nitrogen and oxygen atoms in total. The number of carboxylic acids is 1. The standard InChI is InChI=1S/C14H17IO4/c1-3-4-7-19-12-8-10(5-6-11(12)15)9-13(18-2)14(16)17/h5-6,8-9H,3-4,7H2,1-2H3,(H,16,17)/b13-9+. The topological polar surface area (TPSA) is 55.8 Å². The minimum atomic E-state index is -1.09. The van der Waals surface area contributed by atoms with Gasteiger partial charge in [0, 0.05) is 0 Å². The van der Waals surface area contributed by atoms with E-state index in [0.717, 1.165) is 27.7 Å². The Morgan fingerprint density at radius 1 is 1.47 bits per heavy atom. The molecule has 0 unspecified atom stereocenters.